The zero-order valence-electron chi connectivity index (χ0n) is 19.7. The smallest absolute Gasteiger partial charge is 0.257 e. The Kier molecular flexibility index (Phi) is 6.79. The van der Waals surface area contributed by atoms with Crippen LogP contribution in [0.2, 0.25) is 0 Å². The summed E-state index contributed by atoms with van der Waals surface area (Å²) in [5, 5.41) is 13.1. The summed E-state index contributed by atoms with van der Waals surface area (Å²) < 4.78 is 39.8. The topological polar surface area (TPSA) is 107 Å². The average molecular weight is 491 g/mol. The molecule has 8 nitrogen and oxygen atoms in total. The summed E-state index contributed by atoms with van der Waals surface area (Å²) in [5.41, 5.74) is -3.35. The highest BCUT2D eigenvalue weighted by atomic mass is 19.1. The van der Waals surface area contributed by atoms with Crippen LogP contribution in [0.15, 0.2) is 29.2 Å². The first-order chi connectivity index (χ1) is 16.6. The molecule has 0 saturated heterocycles. The first-order valence-corrected chi connectivity index (χ1v) is 11.5. The summed E-state index contributed by atoms with van der Waals surface area (Å²) in [7, 11) is 1.55. The lowest BCUT2D eigenvalue weighted by Crippen LogP contribution is -2.61. The van der Waals surface area contributed by atoms with Crippen LogP contribution in [0.5, 0.6) is 5.75 Å². The number of rotatable bonds is 7. The predicted octanol–water partition coefficient (Wildman–Crippen LogP) is 2.94. The monoisotopic (exact) mass is 490 g/mol. The van der Waals surface area contributed by atoms with Crippen molar-refractivity contribution in [3.63, 3.8) is 0 Å². The van der Waals surface area contributed by atoms with Gasteiger partial charge in [0.25, 0.3) is 5.91 Å². The first-order valence-electron chi connectivity index (χ1n) is 11.5. The summed E-state index contributed by atoms with van der Waals surface area (Å²) >= 11 is 0. The largest absolute Gasteiger partial charge is 0.503 e. The van der Waals surface area contributed by atoms with Gasteiger partial charge in [0.2, 0.25) is 5.43 Å². The molecular formula is C25H28F2N2O6. The molecule has 0 radical (unpaired) electrons. The number of Topliss-reactive ketones (excluding diaryl/α,β-unsaturated/α-hetero) is 1. The summed E-state index contributed by atoms with van der Waals surface area (Å²) in [6.45, 7) is 2.26. The Morgan fingerprint density at radius 3 is 2.66 bits per heavy atom. The molecule has 1 saturated carbocycles. The fourth-order valence-corrected chi connectivity index (χ4v) is 5.21. The van der Waals surface area contributed by atoms with Crippen LogP contribution in [0.3, 0.4) is 0 Å². The SMILES string of the molecule is COCCO[C@]12CCCC[C@@]1(C)C(=O)c1c(O)c(=O)c(C(=O)NCc3ccc(F)cc3F)cn1C2. The second-order valence-electron chi connectivity index (χ2n) is 9.32. The standard InChI is InChI=1S/C25H28F2N2O6/c1-24-7-3-4-8-25(24,35-10-9-34-2)14-29-13-17(20(30)21(31)19(29)22(24)32)23(33)28-12-15-5-6-16(26)11-18(15)27/h5-6,11,13,31H,3-4,7-10,12,14H2,1-2H3,(H,28,33)/t24-,25-/m0/s1. The van der Waals surface area contributed by atoms with E-state index in [2.05, 4.69) is 5.32 Å². The number of aromatic hydroxyl groups is 1. The van der Waals surface area contributed by atoms with E-state index in [-0.39, 0.29) is 31.0 Å². The van der Waals surface area contributed by atoms with Crippen molar-refractivity contribution in [3.05, 3.63) is 63.1 Å². The number of pyridine rings is 1. The van der Waals surface area contributed by atoms with Crippen LogP contribution in [0.4, 0.5) is 8.78 Å². The Labute approximate surface area is 200 Å². The highest BCUT2D eigenvalue weighted by Gasteiger charge is 2.59. The lowest BCUT2D eigenvalue weighted by Gasteiger charge is -2.53. The van der Waals surface area contributed by atoms with E-state index < -0.39 is 51.1 Å². The summed E-state index contributed by atoms with van der Waals surface area (Å²) in [5.74, 6) is -3.66. The zero-order valence-corrected chi connectivity index (χ0v) is 19.7. The lowest BCUT2D eigenvalue weighted by molar-refractivity contribution is -0.156. The lowest BCUT2D eigenvalue weighted by atomic mass is 9.59. The number of halogens is 2. The molecule has 0 spiro atoms. The molecule has 0 bridgehead atoms. The Hall–Kier alpha value is -3.11. The van der Waals surface area contributed by atoms with Gasteiger partial charge >= 0.3 is 0 Å². The van der Waals surface area contributed by atoms with Gasteiger partial charge in [-0.15, -0.1) is 0 Å². The van der Waals surface area contributed by atoms with Crippen LogP contribution < -0.4 is 10.7 Å². The number of nitrogens with zero attached hydrogens (tertiary/aromatic N) is 1. The fourth-order valence-electron chi connectivity index (χ4n) is 5.21. The van der Waals surface area contributed by atoms with Crippen molar-refractivity contribution < 1.29 is 33.0 Å². The number of fused-ring (bicyclic) bond motifs is 2. The molecule has 2 aliphatic rings. The minimum atomic E-state index is -0.992. The van der Waals surface area contributed by atoms with E-state index >= 15 is 0 Å². The van der Waals surface area contributed by atoms with E-state index in [1.165, 1.54) is 16.8 Å². The molecule has 2 atom stereocenters. The van der Waals surface area contributed by atoms with Gasteiger partial charge in [0.05, 0.1) is 30.8 Å². The predicted molar refractivity (Wildman–Crippen MR) is 121 cm³/mol. The van der Waals surface area contributed by atoms with Crippen molar-refractivity contribution in [2.75, 3.05) is 20.3 Å². The Morgan fingerprint density at radius 2 is 1.94 bits per heavy atom. The molecule has 10 heteroatoms. The molecule has 1 aromatic carbocycles. The summed E-state index contributed by atoms with van der Waals surface area (Å²) in [6.07, 6.45) is 4.02. The van der Waals surface area contributed by atoms with Gasteiger partial charge in [-0.25, -0.2) is 8.78 Å². The highest BCUT2D eigenvalue weighted by Crippen LogP contribution is 2.52. The van der Waals surface area contributed by atoms with E-state index in [1.54, 1.807) is 14.0 Å². The van der Waals surface area contributed by atoms with Crippen LogP contribution in [0.25, 0.3) is 0 Å². The number of nitrogens with one attached hydrogen (secondary N) is 1. The number of carbonyl (C=O) groups excluding carboxylic acids is 2. The van der Waals surface area contributed by atoms with Crippen molar-refractivity contribution in [2.24, 2.45) is 5.41 Å². The molecule has 2 heterocycles. The number of hydrogen-bond donors (Lipinski definition) is 2. The minimum absolute atomic E-state index is 0.0284. The second-order valence-corrected chi connectivity index (χ2v) is 9.32. The third-order valence-corrected chi connectivity index (χ3v) is 7.28. The molecule has 1 aliphatic heterocycles. The molecule has 188 valence electrons. The quantitative estimate of drug-likeness (QED) is 0.578. The van der Waals surface area contributed by atoms with E-state index in [0.29, 0.717) is 25.5 Å². The van der Waals surface area contributed by atoms with Crippen LogP contribution in [0.1, 0.15) is 59.0 Å². The molecule has 1 amide bonds. The average Bonchev–Trinajstić information content (AvgIpc) is 2.82. The van der Waals surface area contributed by atoms with E-state index in [9.17, 15) is 28.3 Å². The van der Waals surface area contributed by atoms with Crippen molar-refractivity contribution in [3.8, 4) is 5.75 Å². The Morgan fingerprint density at radius 1 is 1.20 bits per heavy atom. The van der Waals surface area contributed by atoms with Gasteiger partial charge in [0, 0.05) is 31.5 Å². The molecule has 4 rings (SSSR count). The van der Waals surface area contributed by atoms with Gasteiger partial charge in [0.1, 0.15) is 22.9 Å². The number of ether oxygens (including phenoxy) is 2. The van der Waals surface area contributed by atoms with E-state index in [1.807, 2.05) is 0 Å². The third kappa shape index (κ3) is 4.25. The molecular weight excluding hydrogens is 462 g/mol. The molecule has 2 N–H and O–H groups in total. The summed E-state index contributed by atoms with van der Waals surface area (Å²) in [6, 6.07) is 2.93. The number of hydrogen-bond acceptors (Lipinski definition) is 6. The van der Waals surface area contributed by atoms with Crippen LogP contribution >= 0.6 is 0 Å². The maximum atomic E-state index is 13.9. The third-order valence-electron chi connectivity index (χ3n) is 7.28. The van der Waals surface area contributed by atoms with Crippen molar-refractivity contribution in [2.45, 2.75) is 51.3 Å². The highest BCUT2D eigenvalue weighted by molar-refractivity contribution is 6.04. The molecule has 0 unspecified atom stereocenters. The van der Waals surface area contributed by atoms with Crippen LogP contribution in [0, 0.1) is 17.0 Å². The van der Waals surface area contributed by atoms with E-state index in [4.69, 9.17) is 9.47 Å². The van der Waals surface area contributed by atoms with Gasteiger partial charge in [-0.05, 0) is 25.8 Å². The molecule has 1 fully saturated rings. The minimum Gasteiger partial charge on any atom is -0.503 e. The van der Waals surface area contributed by atoms with Gasteiger partial charge in [-0.2, -0.15) is 0 Å². The molecule has 1 aliphatic carbocycles. The summed E-state index contributed by atoms with van der Waals surface area (Å²) in [4.78, 5) is 39.3. The molecule has 1 aromatic heterocycles. The maximum absolute atomic E-state index is 13.9. The van der Waals surface area contributed by atoms with Crippen molar-refractivity contribution in [1.29, 1.82) is 0 Å². The Bertz CT molecular complexity index is 1230. The van der Waals surface area contributed by atoms with Crippen molar-refractivity contribution in [1.82, 2.24) is 9.88 Å². The Balaban J connectivity index is 1.68. The van der Waals surface area contributed by atoms with E-state index in [0.717, 1.165) is 18.9 Å². The number of aromatic nitrogens is 1. The maximum Gasteiger partial charge on any atom is 0.257 e. The number of benzene rings is 1. The first kappa shape index (κ1) is 25.0. The van der Waals surface area contributed by atoms with Crippen LogP contribution in [-0.2, 0) is 22.6 Å². The number of methoxy groups -OCH3 is 1. The van der Waals surface area contributed by atoms with Crippen LogP contribution in [-0.4, -0.2) is 47.3 Å². The van der Waals surface area contributed by atoms with Crippen molar-refractivity contribution >= 4 is 11.7 Å². The van der Waals surface area contributed by atoms with Gasteiger partial charge in [-0.1, -0.05) is 18.9 Å². The number of ketones is 1. The van der Waals surface area contributed by atoms with Gasteiger partial charge < -0.3 is 24.5 Å². The molecule has 35 heavy (non-hydrogen) atoms. The zero-order chi connectivity index (χ0) is 25.4. The number of carbonyl (C=O) groups is 2. The van der Waals surface area contributed by atoms with Gasteiger partial charge in [-0.3, -0.25) is 14.4 Å². The fraction of sp³-hybridized carbons (Fsp3) is 0.480. The molecule has 2 aromatic rings. The normalized spacial score (nSPS) is 23.5. The second kappa shape index (κ2) is 9.50. The van der Waals surface area contributed by atoms with Gasteiger partial charge in [0.15, 0.2) is 11.5 Å². The number of amides is 1.